The lowest BCUT2D eigenvalue weighted by Crippen LogP contribution is -2.38. The van der Waals surface area contributed by atoms with Crippen LogP contribution in [-0.2, 0) is 9.84 Å². The van der Waals surface area contributed by atoms with Crippen molar-refractivity contribution >= 4 is 9.84 Å². The highest BCUT2D eigenvalue weighted by Gasteiger charge is 2.31. The predicted molar refractivity (Wildman–Crippen MR) is 84.3 cm³/mol. The third-order valence-corrected chi connectivity index (χ3v) is 6.05. The lowest BCUT2D eigenvalue weighted by molar-refractivity contribution is 0.295. The SMILES string of the molecule is CC(C)(CCNC(C)(C)C)CCS(=O)(=O)C(C)(C)C. The summed E-state index contributed by atoms with van der Waals surface area (Å²) in [7, 11) is -3.00. The predicted octanol–water partition coefficient (Wildman–Crippen LogP) is 3.39. The normalized spacial score (nSPS) is 14.7. The van der Waals surface area contributed by atoms with E-state index in [1.165, 1.54) is 0 Å². The molecule has 0 radical (unpaired) electrons. The monoisotopic (exact) mass is 291 g/mol. The molecule has 0 unspecified atom stereocenters. The summed E-state index contributed by atoms with van der Waals surface area (Å²) >= 11 is 0. The molecule has 0 amide bonds. The first-order valence-electron chi connectivity index (χ1n) is 7.14. The van der Waals surface area contributed by atoms with Gasteiger partial charge in [0.25, 0.3) is 0 Å². The molecule has 0 aliphatic rings. The number of sulfone groups is 1. The van der Waals surface area contributed by atoms with Gasteiger partial charge in [0, 0.05) is 5.54 Å². The first-order chi connectivity index (χ1) is 8.16. The van der Waals surface area contributed by atoms with Gasteiger partial charge in [-0.15, -0.1) is 0 Å². The fourth-order valence-corrected chi connectivity index (χ4v) is 3.05. The zero-order valence-corrected chi connectivity index (χ0v) is 14.9. The van der Waals surface area contributed by atoms with Crippen molar-refractivity contribution in [2.24, 2.45) is 5.41 Å². The minimum absolute atomic E-state index is 0.0522. The van der Waals surface area contributed by atoms with Crippen LogP contribution in [-0.4, -0.2) is 31.0 Å². The van der Waals surface area contributed by atoms with E-state index in [1.54, 1.807) is 20.8 Å². The van der Waals surface area contributed by atoms with E-state index in [2.05, 4.69) is 39.9 Å². The Hall–Kier alpha value is -0.0900. The van der Waals surface area contributed by atoms with Crippen LogP contribution in [0.2, 0.25) is 0 Å². The average Bonchev–Trinajstić information content (AvgIpc) is 2.10. The highest BCUT2D eigenvalue weighted by atomic mass is 32.2. The molecule has 0 rings (SSSR count). The van der Waals surface area contributed by atoms with Crippen LogP contribution >= 0.6 is 0 Å². The quantitative estimate of drug-likeness (QED) is 0.816. The molecule has 0 spiro atoms. The van der Waals surface area contributed by atoms with Gasteiger partial charge in [-0.3, -0.25) is 0 Å². The van der Waals surface area contributed by atoms with Crippen molar-refractivity contribution in [1.82, 2.24) is 5.32 Å². The molecular formula is C15H33NO2S. The summed E-state index contributed by atoms with van der Waals surface area (Å²) in [6, 6.07) is 0. The van der Waals surface area contributed by atoms with Crippen molar-refractivity contribution in [1.29, 1.82) is 0 Å². The molecule has 0 aromatic heterocycles. The smallest absolute Gasteiger partial charge is 0.155 e. The highest BCUT2D eigenvalue weighted by molar-refractivity contribution is 7.92. The summed E-state index contributed by atoms with van der Waals surface area (Å²) in [6.07, 6.45) is 1.71. The van der Waals surface area contributed by atoms with Gasteiger partial charge in [0.1, 0.15) is 0 Å². The maximum absolute atomic E-state index is 12.1. The zero-order chi connectivity index (χ0) is 15.5. The van der Waals surface area contributed by atoms with Crippen LogP contribution in [0.25, 0.3) is 0 Å². The Bertz CT molecular complexity index is 370. The van der Waals surface area contributed by atoms with Crippen molar-refractivity contribution in [2.45, 2.75) is 78.5 Å². The van der Waals surface area contributed by atoms with Gasteiger partial charge in [0.2, 0.25) is 0 Å². The van der Waals surface area contributed by atoms with Crippen molar-refractivity contribution in [3.8, 4) is 0 Å². The Kier molecular flexibility index (Phi) is 6.10. The average molecular weight is 292 g/mol. The van der Waals surface area contributed by atoms with E-state index in [1.807, 2.05) is 0 Å². The molecular weight excluding hydrogens is 258 g/mol. The largest absolute Gasteiger partial charge is 0.312 e. The van der Waals surface area contributed by atoms with Gasteiger partial charge in [0.15, 0.2) is 9.84 Å². The molecule has 1 N–H and O–H groups in total. The molecule has 0 atom stereocenters. The van der Waals surface area contributed by atoms with Gasteiger partial charge in [-0.2, -0.15) is 0 Å². The second kappa shape index (κ2) is 6.13. The fraction of sp³-hybridized carbons (Fsp3) is 1.00. The number of hydrogen-bond donors (Lipinski definition) is 1. The van der Waals surface area contributed by atoms with Crippen molar-refractivity contribution < 1.29 is 8.42 Å². The van der Waals surface area contributed by atoms with Gasteiger partial charge in [-0.05, 0) is 66.3 Å². The zero-order valence-electron chi connectivity index (χ0n) is 14.1. The van der Waals surface area contributed by atoms with Crippen LogP contribution in [0, 0.1) is 5.41 Å². The Morgan fingerprint density at radius 2 is 1.32 bits per heavy atom. The Morgan fingerprint density at radius 3 is 1.68 bits per heavy atom. The lowest BCUT2D eigenvalue weighted by Gasteiger charge is -2.29. The van der Waals surface area contributed by atoms with Crippen LogP contribution in [0.4, 0.5) is 0 Å². The summed E-state index contributed by atoms with van der Waals surface area (Å²) in [4.78, 5) is 0. The minimum atomic E-state index is -3.00. The summed E-state index contributed by atoms with van der Waals surface area (Å²) in [5.74, 6) is 0.277. The van der Waals surface area contributed by atoms with Gasteiger partial charge in [-0.1, -0.05) is 13.8 Å². The minimum Gasteiger partial charge on any atom is -0.312 e. The number of rotatable bonds is 6. The second-order valence-corrected chi connectivity index (χ2v) is 11.1. The van der Waals surface area contributed by atoms with Gasteiger partial charge >= 0.3 is 0 Å². The van der Waals surface area contributed by atoms with Crippen LogP contribution in [0.5, 0.6) is 0 Å². The Morgan fingerprint density at radius 1 is 0.842 bits per heavy atom. The van der Waals surface area contributed by atoms with Crippen LogP contribution in [0.3, 0.4) is 0 Å². The maximum Gasteiger partial charge on any atom is 0.155 e. The van der Waals surface area contributed by atoms with E-state index in [0.29, 0.717) is 0 Å². The third kappa shape index (κ3) is 7.93. The molecule has 0 aliphatic heterocycles. The van der Waals surface area contributed by atoms with Gasteiger partial charge in [-0.25, -0.2) is 8.42 Å². The van der Waals surface area contributed by atoms with Crippen molar-refractivity contribution in [3.63, 3.8) is 0 Å². The fourth-order valence-electron chi connectivity index (χ4n) is 1.62. The van der Waals surface area contributed by atoms with Crippen LogP contribution in [0.15, 0.2) is 0 Å². The molecule has 0 aromatic carbocycles. The molecule has 0 aromatic rings. The molecule has 3 nitrogen and oxygen atoms in total. The lowest BCUT2D eigenvalue weighted by atomic mass is 9.86. The molecule has 4 heteroatoms. The third-order valence-electron chi connectivity index (χ3n) is 3.44. The molecule has 19 heavy (non-hydrogen) atoms. The van der Waals surface area contributed by atoms with Gasteiger partial charge < -0.3 is 5.32 Å². The van der Waals surface area contributed by atoms with E-state index in [-0.39, 0.29) is 16.7 Å². The highest BCUT2D eigenvalue weighted by Crippen LogP contribution is 2.28. The molecule has 0 saturated heterocycles. The van der Waals surface area contributed by atoms with Gasteiger partial charge in [0.05, 0.1) is 10.5 Å². The molecule has 0 fully saturated rings. The molecule has 0 bridgehead atoms. The van der Waals surface area contributed by atoms with Crippen LogP contribution in [0.1, 0.15) is 68.2 Å². The summed E-state index contributed by atoms with van der Waals surface area (Å²) in [5.41, 5.74) is 0.171. The Labute approximate surface area is 120 Å². The summed E-state index contributed by atoms with van der Waals surface area (Å²) < 4.78 is 23.6. The summed E-state index contributed by atoms with van der Waals surface area (Å²) in [6.45, 7) is 17.0. The van der Waals surface area contributed by atoms with Crippen molar-refractivity contribution in [3.05, 3.63) is 0 Å². The second-order valence-electron chi connectivity index (χ2n) is 8.27. The molecule has 0 heterocycles. The molecule has 0 saturated carbocycles. The molecule has 116 valence electrons. The Balaban J connectivity index is 4.33. The molecule has 0 aliphatic carbocycles. The standard InChI is InChI=1S/C15H33NO2S/c1-13(2,3)16-11-9-15(7,8)10-12-19(17,18)14(4,5)6/h16H,9-12H2,1-8H3. The van der Waals surface area contributed by atoms with E-state index < -0.39 is 14.6 Å². The summed E-state index contributed by atoms with van der Waals surface area (Å²) in [5, 5.41) is 3.46. The van der Waals surface area contributed by atoms with Crippen LogP contribution < -0.4 is 5.32 Å². The van der Waals surface area contributed by atoms with E-state index >= 15 is 0 Å². The first kappa shape index (κ1) is 18.9. The number of hydrogen-bond acceptors (Lipinski definition) is 3. The topological polar surface area (TPSA) is 46.2 Å². The maximum atomic E-state index is 12.1. The van der Waals surface area contributed by atoms with E-state index in [4.69, 9.17) is 0 Å². The first-order valence-corrected chi connectivity index (χ1v) is 8.79. The number of nitrogens with one attached hydrogen (secondary N) is 1. The van der Waals surface area contributed by atoms with Crippen molar-refractivity contribution in [2.75, 3.05) is 12.3 Å². The van der Waals surface area contributed by atoms with E-state index in [9.17, 15) is 8.42 Å². The van der Waals surface area contributed by atoms with E-state index in [0.717, 1.165) is 19.4 Å².